The first kappa shape index (κ1) is 15.1. The minimum atomic E-state index is -3.43. The van der Waals surface area contributed by atoms with Crippen molar-refractivity contribution in [2.45, 2.75) is 44.7 Å². The third-order valence-electron chi connectivity index (χ3n) is 3.02. The molecule has 0 saturated carbocycles. The van der Waals surface area contributed by atoms with E-state index < -0.39 is 10.0 Å². The van der Waals surface area contributed by atoms with Crippen molar-refractivity contribution in [3.63, 3.8) is 0 Å². The predicted octanol–water partition coefficient (Wildman–Crippen LogP) is 1.86. The van der Waals surface area contributed by atoms with Gasteiger partial charge in [-0.2, -0.15) is 0 Å². The molecule has 18 heavy (non-hydrogen) atoms. The van der Waals surface area contributed by atoms with Crippen LogP contribution in [-0.4, -0.2) is 14.5 Å². The second-order valence-electron chi connectivity index (χ2n) is 4.73. The van der Waals surface area contributed by atoms with Gasteiger partial charge in [0.25, 0.3) is 0 Å². The minimum absolute atomic E-state index is 0.0378. The number of benzene rings is 1. The van der Waals surface area contributed by atoms with E-state index in [-0.39, 0.29) is 12.0 Å². The summed E-state index contributed by atoms with van der Waals surface area (Å²) in [6.07, 6.45) is 0.776. The van der Waals surface area contributed by atoms with E-state index >= 15 is 0 Å². The van der Waals surface area contributed by atoms with Crippen molar-refractivity contribution >= 4 is 10.0 Å². The fraction of sp³-hybridized carbons (Fsp3) is 0.538. The number of hydrogen-bond donors (Lipinski definition) is 2. The van der Waals surface area contributed by atoms with E-state index in [0.29, 0.717) is 11.4 Å². The molecule has 0 aliphatic carbocycles. The van der Waals surface area contributed by atoms with Crippen LogP contribution in [0, 0.1) is 5.92 Å². The van der Waals surface area contributed by atoms with E-state index in [1.165, 1.54) is 0 Å². The summed E-state index contributed by atoms with van der Waals surface area (Å²) in [4.78, 5) is 0.291. The van der Waals surface area contributed by atoms with Crippen LogP contribution in [0.3, 0.4) is 0 Å². The van der Waals surface area contributed by atoms with Crippen molar-refractivity contribution in [3.8, 4) is 0 Å². The van der Waals surface area contributed by atoms with Gasteiger partial charge in [0.05, 0.1) is 4.90 Å². The molecule has 0 heterocycles. The molecule has 102 valence electrons. The molecule has 0 aliphatic rings. The van der Waals surface area contributed by atoms with Gasteiger partial charge < -0.3 is 5.73 Å². The second kappa shape index (κ2) is 6.31. The number of sulfonamides is 1. The Hall–Kier alpha value is -0.910. The topological polar surface area (TPSA) is 72.2 Å². The van der Waals surface area contributed by atoms with Crippen LogP contribution >= 0.6 is 0 Å². The first-order chi connectivity index (χ1) is 8.40. The normalized spacial score (nSPS) is 13.8. The molecule has 4 nitrogen and oxygen atoms in total. The molecule has 0 fully saturated rings. The zero-order chi connectivity index (χ0) is 13.8. The smallest absolute Gasteiger partial charge is 0.240 e. The van der Waals surface area contributed by atoms with E-state index in [2.05, 4.69) is 4.72 Å². The molecule has 0 aromatic heterocycles. The lowest BCUT2D eigenvalue weighted by Gasteiger charge is -2.20. The summed E-state index contributed by atoms with van der Waals surface area (Å²) < 4.78 is 27.1. The standard InChI is InChI=1S/C13H22N2O2S/c1-4-13(10(2)3)15-18(16,17)12-7-5-11(9-14)6-8-12/h5-8,10,13,15H,4,9,14H2,1-3H3. The van der Waals surface area contributed by atoms with Gasteiger partial charge in [-0.1, -0.05) is 32.9 Å². The molecule has 0 saturated heterocycles. The summed E-state index contributed by atoms with van der Waals surface area (Å²) >= 11 is 0. The SMILES string of the molecule is CCC(NS(=O)(=O)c1ccc(CN)cc1)C(C)C. The van der Waals surface area contributed by atoms with Gasteiger partial charge >= 0.3 is 0 Å². The summed E-state index contributed by atoms with van der Waals surface area (Å²) in [6.45, 7) is 6.41. The van der Waals surface area contributed by atoms with Gasteiger partial charge in [0.15, 0.2) is 0 Å². The highest BCUT2D eigenvalue weighted by molar-refractivity contribution is 7.89. The van der Waals surface area contributed by atoms with E-state index in [1.807, 2.05) is 20.8 Å². The van der Waals surface area contributed by atoms with E-state index in [9.17, 15) is 8.42 Å². The van der Waals surface area contributed by atoms with Crippen LogP contribution in [0.1, 0.15) is 32.8 Å². The van der Waals surface area contributed by atoms with Crippen LogP contribution in [0.5, 0.6) is 0 Å². The molecule has 5 heteroatoms. The average Bonchev–Trinajstić information content (AvgIpc) is 2.35. The third-order valence-corrected chi connectivity index (χ3v) is 4.53. The molecule has 1 aromatic rings. The number of nitrogens with one attached hydrogen (secondary N) is 1. The Morgan fingerprint density at radius 1 is 1.22 bits per heavy atom. The molecule has 0 amide bonds. The zero-order valence-corrected chi connectivity index (χ0v) is 12.0. The van der Waals surface area contributed by atoms with Crippen molar-refractivity contribution < 1.29 is 8.42 Å². The summed E-state index contributed by atoms with van der Waals surface area (Å²) in [5.41, 5.74) is 6.41. The maximum Gasteiger partial charge on any atom is 0.240 e. The Morgan fingerprint density at radius 2 is 1.78 bits per heavy atom. The second-order valence-corrected chi connectivity index (χ2v) is 6.44. The minimum Gasteiger partial charge on any atom is -0.326 e. The molecule has 3 N–H and O–H groups in total. The van der Waals surface area contributed by atoms with Crippen molar-refractivity contribution in [2.75, 3.05) is 0 Å². The van der Waals surface area contributed by atoms with E-state index in [4.69, 9.17) is 5.73 Å². The average molecular weight is 270 g/mol. The Kier molecular flexibility index (Phi) is 5.31. The van der Waals surface area contributed by atoms with Crippen LogP contribution in [-0.2, 0) is 16.6 Å². The van der Waals surface area contributed by atoms with Crippen LogP contribution < -0.4 is 10.5 Å². The van der Waals surface area contributed by atoms with Crippen molar-refractivity contribution in [1.29, 1.82) is 0 Å². The summed E-state index contributed by atoms with van der Waals surface area (Å²) in [5, 5.41) is 0. The van der Waals surface area contributed by atoms with E-state index in [1.54, 1.807) is 24.3 Å². The maximum atomic E-state index is 12.2. The third kappa shape index (κ3) is 3.80. The van der Waals surface area contributed by atoms with Crippen molar-refractivity contribution in [3.05, 3.63) is 29.8 Å². The molecule has 0 radical (unpaired) electrons. The Bertz CT molecular complexity index is 466. The summed E-state index contributed by atoms with van der Waals surface area (Å²) in [6, 6.07) is 6.63. The lowest BCUT2D eigenvalue weighted by Crippen LogP contribution is -2.37. The first-order valence-electron chi connectivity index (χ1n) is 6.22. The largest absolute Gasteiger partial charge is 0.326 e. The summed E-state index contributed by atoms with van der Waals surface area (Å²) in [5.74, 6) is 0.271. The Labute approximate surface area is 110 Å². The molecule has 1 atom stereocenters. The number of hydrogen-bond acceptors (Lipinski definition) is 3. The summed E-state index contributed by atoms with van der Waals surface area (Å²) in [7, 11) is -3.43. The van der Waals surface area contributed by atoms with Gasteiger partial charge in [0.1, 0.15) is 0 Å². The highest BCUT2D eigenvalue weighted by atomic mass is 32.2. The maximum absolute atomic E-state index is 12.2. The van der Waals surface area contributed by atoms with E-state index in [0.717, 1.165) is 12.0 Å². The lowest BCUT2D eigenvalue weighted by molar-refractivity contribution is 0.437. The molecule has 0 spiro atoms. The highest BCUT2D eigenvalue weighted by Crippen LogP contribution is 2.14. The Morgan fingerprint density at radius 3 is 2.17 bits per heavy atom. The van der Waals surface area contributed by atoms with Gasteiger partial charge in [0, 0.05) is 12.6 Å². The van der Waals surface area contributed by atoms with Crippen molar-refractivity contribution in [1.82, 2.24) is 4.72 Å². The lowest BCUT2D eigenvalue weighted by atomic mass is 10.0. The van der Waals surface area contributed by atoms with Crippen LogP contribution in [0.25, 0.3) is 0 Å². The van der Waals surface area contributed by atoms with Gasteiger partial charge in [-0.05, 0) is 30.0 Å². The van der Waals surface area contributed by atoms with Gasteiger partial charge in [-0.3, -0.25) is 0 Å². The number of rotatable bonds is 6. The first-order valence-corrected chi connectivity index (χ1v) is 7.70. The zero-order valence-electron chi connectivity index (χ0n) is 11.2. The fourth-order valence-electron chi connectivity index (χ4n) is 1.76. The van der Waals surface area contributed by atoms with Crippen LogP contribution in [0.15, 0.2) is 29.2 Å². The molecular formula is C13H22N2O2S. The molecule has 1 unspecified atom stereocenters. The van der Waals surface area contributed by atoms with Gasteiger partial charge in [0.2, 0.25) is 10.0 Å². The van der Waals surface area contributed by atoms with Crippen LogP contribution in [0.2, 0.25) is 0 Å². The molecule has 0 bridgehead atoms. The Balaban J connectivity index is 2.91. The number of nitrogens with two attached hydrogens (primary N) is 1. The molecule has 1 rings (SSSR count). The van der Waals surface area contributed by atoms with Gasteiger partial charge in [-0.25, -0.2) is 13.1 Å². The predicted molar refractivity (Wildman–Crippen MR) is 73.6 cm³/mol. The molecule has 0 aliphatic heterocycles. The van der Waals surface area contributed by atoms with Crippen molar-refractivity contribution in [2.24, 2.45) is 11.7 Å². The van der Waals surface area contributed by atoms with Crippen LogP contribution in [0.4, 0.5) is 0 Å². The van der Waals surface area contributed by atoms with Gasteiger partial charge in [-0.15, -0.1) is 0 Å². The molecule has 1 aromatic carbocycles. The molecular weight excluding hydrogens is 248 g/mol. The monoisotopic (exact) mass is 270 g/mol. The highest BCUT2D eigenvalue weighted by Gasteiger charge is 2.20. The fourth-order valence-corrected chi connectivity index (χ4v) is 3.23. The quantitative estimate of drug-likeness (QED) is 0.828.